The van der Waals surface area contributed by atoms with Crippen LogP contribution < -0.4 is 0 Å². The quantitative estimate of drug-likeness (QED) is 0.800. The number of rotatable bonds is 3. The summed E-state index contributed by atoms with van der Waals surface area (Å²) < 4.78 is 5.16. The molecule has 1 N–H and O–H groups in total. The number of piperidine rings is 1. The minimum absolute atomic E-state index is 0.113. The molecule has 1 fully saturated rings. The van der Waals surface area contributed by atoms with Gasteiger partial charge in [0, 0.05) is 13.1 Å². The number of carboxylic acid groups (broad SMARTS) is 1. The van der Waals surface area contributed by atoms with Gasteiger partial charge in [-0.05, 0) is 26.2 Å². The Morgan fingerprint density at radius 3 is 2.81 bits per heavy atom. The molecule has 0 aromatic carbocycles. The third-order valence-electron chi connectivity index (χ3n) is 2.91. The van der Waals surface area contributed by atoms with E-state index < -0.39 is 11.9 Å². The maximum Gasteiger partial charge on any atom is 0.410 e. The third-order valence-corrected chi connectivity index (χ3v) is 2.91. The smallest absolute Gasteiger partial charge is 0.410 e. The predicted octanol–water partition coefficient (Wildman–Crippen LogP) is 1.72. The van der Waals surface area contributed by atoms with Crippen LogP contribution >= 0.6 is 0 Å². The molecule has 1 saturated heterocycles. The van der Waals surface area contributed by atoms with E-state index in [9.17, 15) is 9.59 Å². The predicted molar refractivity (Wildman–Crippen MR) is 58.2 cm³/mol. The van der Waals surface area contributed by atoms with E-state index in [0.717, 1.165) is 12.8 Å². The normalized spacial score (nSPS) is 22.6. The molecule has 0 bridgehead atoms. The Morgan fingerprint density at radius 1 is 1.56 bits per heavy atom. The Hall–Kier alpha value is -1.26. The molecule has 1 aliphatic rings. The lowest BCUT2D eigenvalue weighted by Crippen LogP contribution is -2.43. The number of hydrogen-bond donors (Lipinski definition) is 1. The van der Waals surface area contributed by atoms with Gasteiger partial charge >= 0.3 is 12.1 Å². The van der Waals surface area contributed by atoms with Crippen LogP contribution in [0.2, 0.25) is 0 Å². The van der Waals surface area contributed by atoms with Crippen molar-refractivity contribution in [3.8, 4) is 0 Å². The van der Waals surface area contributed by atoms with Crippen LogP contribution in [0.25, 0.3) is 0 Å². The summed E-state index contributed by atoms with van der Waals surface area (Å²) >= 11 is 0. The Morgan fingerprint density at radius 2 is 2.25 bits per heavy atom. The molecule has 5 heteroatoms. The fourth-order valence-corrected chi connectivity index (χ4v) is 1.67. The molecule has 0 aromatic rings. The molecule has 0 aromatic heterocycles. The van der Waals surface area contributed by atoms with E-state index in [1.54, 1.807) is 0 Å². The van der Waals surface area contributed by atoms with E-state index in [1.807, 2.05) is 13.8 Å². The van der Waals surface area contributed by atoms with Crippen molar-refractivity contribution in [2.75, 3.05) is 13.1 Å². The number of carbonyl (C=O) groups excluding carboxylic acids is 1. The highest BCUT2D eigenvalue weighted by molar-refractivity contribution is 5.73. The summed E-state index contributed by atoms with van der Waals surface area (Å²) in [6.45, 7) is 4.63. The van der Waals surface area contributed by atoms with E-state index in [1.165, 1.54) is 4.90 Å². The molecule has 1 amide bonds. The molecule has 0 saturated carbocycles. The van der Waals surface area contributed by atoms with Crippen LogP contribution in [0.15, 0.2) is 0 Å². The van der Waals surface area contributed by atoms with Gasteiger partial charge in [-0.1, -0.05) is 6.92 Å². The number of ether oxygens (including phenoxy) is 1. The van der Waals surface area contributed by atoms with Crippen LogP contribution in [0.4, 0.5) is 4.79 Å². The molecular formula is C11H19NO4. The molecule has 16 heavy (non-hydrogen) atoms. The summed E-state index contributed by atoms with van der Waals surface area (Å²) in [5, 5.41) is 8.89. The lowest BCUT2D eigenvalue weighted by Gasteiger charge is -2.30. The number of carbonyl (C=O) groups is 2. The number of likely N-dealkylation sites (tertiary alicyclic amines) is 1. The molecule has 92 valence electrons. The highest BCUT2D eigenvalue weighted by atomic mass is 16.6. The van der Waals surface area contributed by atoms with Gasteiger partial charge in [-0.2, -0.15) is 0 Å². The molecule has 1 aliphatic heterocycles. The monoisotopic (exact) mass is 229 g/mol. The van der Waals surface area contributed by atoms with E-state index in [-0.39, 0.29) is 18.7 Å². The first kappa shape index (κ1) is 12.8. The molecule has 1 unspecified atom stereocenters. The Labute approximate surface area is 95.4 Å². The summed E-state index contributed by atoms with van der Waals surface area (Å²) in [7, 11) is 0. The summed E-state index contributed by atoms with van der Waals surface area (Å²) in [5.41, 5.74) is 0. The molecule has 2 atom stereocenters. The van der Waals surface area contributed by atoms with E-state index in [0.29, 0.717) is 13.0 Å². The first-order valence-corrected chi connectivity index (χ1v) is 5.73. The first-order chi connectivity index (χ1) is 7.54. The molecule has 1 heterocycles. The first-order valence-electron chi connectivity index (χ1n) is 5.73. The molecule has 0 radical (unpaired) electrons. The van der Waals surface area contributed by atoms with Crippen LogP contribution in [-0.2, 0) is 9.53 Å². The van der Waals surface area contributed by atoms with E-state index >= 15 is 0 Å². The zero-order chi connectivity index (χ0) is 12.1. The maximum absolute atomic E-state index is 11.6. The van der Waals surface area contributed by atoms with Gasteiger partial charge in [0.25, 0.3) is 0 Å². The highest BCUT2D eigenvalue weighted by Gasteiger charge is 2.29. The molecule has 1 rings (SSSR count). The fraction of sp³-hybridized carbons (Fsp3) is 0.818. The van der Waals surface area contributed by atoms with Gasteiger partial charge in [0.2, 0.25) is 0 Å². The fourth-order valence-electron chi connectivity index (χ4n) is 1.67. The van der Waals surface area contributed by atoms with Crippen molar-refractivity contribution in [1.29, 1.82) is 0 Å². The van der Waals surface area contributed by atoms with Crippen molar-refractivity contribution in [3.05, 3.63) is 0 Å². The topological polar surface area (TPSA) is 66.8 Å². The van der Waals surface area contributed by atoms with Crippen molar-refractivity contribution < 1.29 is 19.4 Å². The molecule has 0 spiro atoms. The number of nitrogens with zero attached hydrogens (tertiary/aromatic N) is 1. The molecule has 5 nitrogen and oxygen atoms in total. The number of aliphatic carboxylic acids is 1. The van der Waals surface area contributed by atoms with Gasteiger partial charge in [0.15, 0.2) is 0 Å². The Kier molecular flexibility index (Phi) is 4.58. The van der Waals surface area contributed by atoms with Crippen molar-refractivity contribution in [2.45, 2.75) is 39.2 Å². The Balaban J connectivity index is 2.47. The van der Waals surface area contributed by atoms with Crippen LogP contribution in [0.5, 0.6) is 0 Å². The largest absolute Gasteiger partial charge is 0.481 e. The number of carboxylic acids is 1. The van der Waals surface area contributed by atoms with E-state index in [2.05, 4.69) is 0 Å². The minimum atomic E-state index is -0.832. The van der Waals surface area contributed by atoms with Crippen LogP contribution in [0.3, 0.4) is 0 Å². The van der Waals surface area contributed by atoms with Crippen LogP contribution in [0.1, 0.15) is 33.1 Å². The van der Waals surface area contributed by atoms with Crippen molar-refractivity contribution in [1.82, 2.24) is 4.90 Å². The third kappa shape index (κ3) is 3.40. The summed E-state index contributed by atoms with van der Waals surface area (Å²) in [4.78, 5) is 24.0. The second kappa shape index (κ2) is 5.72. The van der Waals surface area contributed by atoms with Gasteiger partial charge < -0.3 is 14.7 Å². The minimum Gasteiger partial charge on any atom is -0.481 e. The zero-order valence-electron chi connectivity index (χ0n) is 9.81. The second-order valence-corrected chi connectivity index (χ2v) is 4.23. The van der Waals surface area contributed by atoms with Gasteiger partial charge in [-0.15, -0.1) is 0 Å². The van der Waals surface area contributed by atoms with Crippen molar-refractivity contribution in [2.24, 2.45) is 5.92 Å². The van der Waals surface area contributed by atoms with Gasteiger partial charge in [0.1, 0.15) is 6.10 Å². The summed E-state index contributed by atoms with van der Waals surface area (Å²) in [6.07, 6.45) is 1.63. The van der Waals surface area contributed by atoms with Gasteiger partial charge in [0.05, 0.1) is 5.92 Å². The van der Waals surface area contributed by atoms with Gasteiger partial charge in [-0.25, -0.2) is 4.79 Å². The van der Waals surface area contributed by atoms with Crippen molar-refractivity contribution >= 4 is 12.1 Å². The lowest BCUT2D eigenvalue weighted by molar-refractivity contribution is -0.143. The number of amides is 1. The molecule has 0 aliphatic carbocycles. The maximum atomic E-state index is 11.6. The number of hydrogen-bond acceptors (Lipinski definition) is 3. The zero-order valence-corrected chi connectivity index (χ0v) is 9.81. The lowest BCUT2D eigenvalue weighted by atomic mass is 9.99. The van der Waals surface area contributed by atoms with Crippen LogP contribution in [-0.4, -0.2) is 41.3 Å². The van der Waals surface area contributed by atoms with Crippen molar-refractivity contribution in [3.63, 3.8) is 0 Å². The SMILES string of the molecule is CCC(C)OC(=O)N1CCC[C@@H](C(=O)O)C1. The second-order valence-electron chi connectivity index (χ2n) is 4.23. The Bertz CT molecular complexity index is 267. The van der Waals surface area contributed by atoms with E-state index in [4.69, 9.17) is 9.84 Å². The average molecular weight is 229 g/mol. The summed E-state index contributed by atoms with van der Waals surface area (Å²) in [6, 6.07) is 0. The summed E-state index contributed by atoms with van der Waals surface area (Å²) in [5.74, 6) is -1.28. The van der Waals surface area contributed by atoms with Crippen LogP contribution in [0, 0.1) is 5.92 Å². The highest BCUT2D eigenvalue weighted by Crippen LogP contribution is 2.17. The molecular weight excluding hydrogens is 210 g/mol. The standard InChI is InChI=1S/C11H19NO4/c1-3-8(2)16-11(15)12-6-4-5-9(7-12)10(13)14/h8-9H,3-7H2,1-2H3,(H,13,14)/t8?,9-/m1/s1. The average Bonchev–Trinajstić information content (AvgIpc) is 2.28. The van der Waals surface area contributed by atoms with Gasteiger partial charge in [-0.3, -0.25) is 4.79 Å².